The van der Waals surface area contributed by atoms with Gasteiger partial charge in [0, 0.05) is 37.0 Å². The van der Waals surface area contributed by atoms with E-state index in [9.17, 15) is 8.42 Å². The molecule has 1 N–H and O–H groups in total. The molecule has 1 heterocycles. The van der Waals surface area contributed by atoms with Crippen LogP contribution < -0.4 is 5.32 Å². The first kappa shape index (κ1) is 17.2. The summed E-state index contributed by atoms with van der Waals surface area (Å²) in [6, 6.07) is 0.491. The lowest BCUT2D eigenvalue weighted by molar-refractivity contribution is 0.0386. The molecule has 124 valence electrons. The first-order chi connectivity index (χ1) is 9.88. The fraction of sp³-hybridized carbons (Fsp3) is 1.00. The van der Waals surface area contributed by atoms with Gasteiger partial charge < -0.3 is 5.32 Å². The highest BCUT2D eigenvalue weighted by Crippen LogP contribution is 2.37. The molecule has 1 aliphatic carbocycles. The van der Waals surface area contributed by atoms with Crippen molar-refractivity contribution in [3.8, 4) is 0 Å². The molecule has 1 atom stereocenters. The highest BCUT2D eigenvalue weighted by molar-refractivity contribution is 7.91. The standard InChI is InChI=1S/C16H32N2O2S/c1-4-10-21(19,20)11-9-18-12-15(14(2)3)17-13-16(18)7-5-6-8-16/h14-15,17H,4-13H2,1-3H3. The third-order valence-electron chi connectivity index (χ3n) is 5.31. The molecule has 0 amide bonds. The maximum absolute atomic E-state index is 12.0. The number of sulfone groups is 1. The second kappa shape index (κ2) is 6.97. The summed E-state index contributed by atoms with van der Waals surface area (Å²) >= 11 is 0. The van der Waals surface area contributed by atoms with Crippen LogP contribution in [0.4, 0.5) is 0 Å². The topological polar surface area (TPSA) is 49.4 Å². The Kier molecular flexibility index (Phi) is 5.71. The summed E-state index contributed by atoms with van der Waals surface area (Å²) < 4.78 is 24.1. The number of hydrogen-bond donors (Lipinski definition) is 1. The quantitative estimate of drug-likeness (QED) is 0.815. The van der Waals surface area contributed by atoms with E-state index in [2.05, 4.69) is 24.1 Å². The third-order valence-corrected chi connectivity index (χ3v) is 7.14. The molecule has 21 heavy (non-hydrogen) atoms. The van der Waals surface area contributed by atoms with E-state index < -0.39 is 9.84 Å². The lowest BCUT2D eigenvalue weighted by atomic mass is 9.88. The van der Waals surface area contributed by atoms with Gasteiger partial charge in [-0.2, -0.15) is 0 Å². The summed E-state index contributed by atoms with van der Waals surface area (Å²) in [5.74, 6) is 1.26. The number of rotatable bonds is 6. The molecule has 0 aromatic heterocycles. The van der Waals surface area contributed by atoms with E-state index in [4.69, 9.17) is 0 Å². The third kappa shape index (κ3) is 4.20. The maximum atomic E-state index is 12.0. The van der Waals surface area contributed by atoms with Crippen LogP contribution in [0.15, 0.2) is 0 Å². The summed E-state index contributed by atoms with van der Waals surface area (Å²) in [7, 11) is -2.88. The maximum Gasteiger partial charge on any atom is 0.151 e. The molecule has 1 saturated carbocycles. The van der Waals surface area contributed by atoms with Gasteiger partial charge in [-0.25, -0.2) is 8.42 Å². The van der Waals surface area contributed by atoms with E-state index in [1.165, 1.54) is 25.7 Å². The molecule has 4 nitrogen and oxygen atoms in total. The summed E-state index contributed by atoms with van der Waals surface area (Å²) in [5.41, 5.74) is 0.229. The van der Waals surface area contributed by atoms with Crippen LogP contribution in [-0.2, 0) is 9.84 Å². The van der Waals surface area contributed by atoms with Gasteiger partial charge in [0.25, 0.3) is 0 Å². The van der Waals surface area contributed by atoms with Crippen molar-refractivity contribution in [1.29, 1.82) is 0 Å². The highest BCUT2D eigenvalue weighted by atomic mass is 32.2. The van der Waals surface area contributed by atoms with Crippen LogP contribution in [0.25, 0.3) is 0 Å². The normalized spacial score (nSPS) is 26.8. The number of nitrogens with zero attached hydrogens (tertiary/aromatic N) is 1. The molecule has 0 aromatic rings. The predicted molar refractivity (Wildman–Crippen MR) is 88.3 cm³/mol. The Labute approximate surface area is 130 Å². The first-order valence-corrected chi connectivity index (χ1v) is 10.4. The minimum atomic E-state index is -2.88. The van der Waals surface area contributed by atoms with E-state index >= 15 is 0 Å². The van der Waals surface area contributed by atoms with Crippen molar-refractivity contribution in [1.82, 2.24) is 10.2 Å². The number of hydrogen-bond acceptors (Lipinski definition) is 4. The zero-order chi connectivity index (χ0) is 15.5. The Morgan fingerprint density at radius 1 is 1.24 bits per heavy atom. The number of piperazine rings is 1. The van der Waals surface area contributed by atoms with Crippen molar-refractivity contribution < 1.29 is 8.42 Å². The van der Waals surface area contributed by atoms with Gasteiger partial charge in [0.05, 0.1) is 5.75 Å². The lowest BCUT2D eigenvalue weighted by Gasteiger charge is -2.49. The number of nitrogens with one attached hydrogen (secondary N) is 1. The molecule has 0 radical (unpaired) electrons. The Morgan fingerprint density at radius 3 is 2.48 bits per heavy atom. The van der Waals surface area contributed by atoms with Gasteiger partial charge in [-0.05, 0) is 25.2 Å². The smallest absolute Gasteiger partial charge is 0.151 e. The van der Waals surface area contributed by atoms with Crippen molar-refractivity contribution in [2.45, 2.75) is 64.5 Å². The van der Waals surface area contributed by atoms with Crippen LogP contribution in [0.2, 0.25) is 0 Å². The Hall–Kier alpha value is -0.130. The average molecular weight is 317 g/mol. The Bertz CT molecular complexity index is 428. The second-order valence-corrected chi connectivity index (χ2v) is 9.56. The van der Waals surface area contributed by atoms with Crippen molar-refractivity contribution in [2.75, 3.05) is 31.1 Å². The van der Waals surface area contributed by atoms with Gasteiger partial charge in [0.15, 0.2) is 9.84 Å². The predicted octanol–water partition coefficient (Wildman–Crippen LogP) is 2.05. The Balaban J connectivity index is 2.03. The van der Waals surface area contributed by atoms with Gasteiger partial charge in [0.2, 0.25) is 0 Å². The molecule has 2 rings (SSSR count). The average Bonchev–Trinajstić information content (AvgIpc) is 2.87. The largest absolute Gasteiger partial charge is 0.311 e. The molecule has 1 aliphatic heterocycles. The van der Waals surface area contributed by atoms with E-state index in [1.54, 1.807) is 0 Å². The lowest BCUT2D eigenvalue weighted by Crippen LogP contribution is -2.65. The zero-order valence-electron chi connectivity index (χ0n) is 13.9. The fourth-order valence-corrected chi connectivity index (χ4v) is 5.22. The van der Waals surface area contributed by atoms with Crippen molar-refractivity contribution in [2.24, 2.45) is 5.92 Å². The second-order valence-electron chi connectivity index (χ2n) is 7.26. The van der Waals surface area contributed by atoms with E-state index in [0.29, 0.717) is 30.0 Å². The molecule has 1 unspecified atom stereocenters. The van der Waals surface area contributed by atoms with E-state index in [1.807, 2.05) is 6.92 Å². The Morgan fingerprint density at radius 2 is 1.90 bits per heavy atom. The molecular formula is C16H32N2O2S. The van der Waals surface area contributed by atoms with Gasteiger partial charge in [-0.1, -0.05) is 33.6 Å². The summed E-state index contributed by atoms with van der Waals surface area (Å²) in [6.45, 7) is 9.18. The molecule has 2 aliphatic rings. The van der Waals surface area contributed by atoms with E-state index in [0.717, 1.165) is 19.5 Å². The van der Waals surface area contributed by atoms with Crippen LogP contribution in [0.1, 0.15) is 52.9 Å². The fourth-order valence-electron chi connectivity index (χ4n) is 3.89. The van der Waals surface area contributed by atoms with Crippen molar-refractivity contribution in [3.05, 3.63) is 0 Å². The molecule has 0 aromatic carbocycles. The van der Waals surface area contributed by atoms with Gasteiger partial charge in [-0.15, -0.1) is 0 Å². The van der Waals surface area contributed by atoms with Crippen LogP contribution in [0.5, 0.6) is 0 Å². The molecule has 1 spiro atoms. The van der Waals surface area contributed by atoms with Gasteiger partial charge in [0.1, 0.15) is 0 Å². The summed E-state index contributed by atoms with van der Waals surface area (Å²) in [5, 5.41) is 3.71. The van der Waals surface area contributed by atoms with Crippen molar-refractivity contribution >= 4 is 9.84 Å². The van der Waals surface area contributed by atoms with Crippen LogP contribution in [-0.4, -0.2) is 56.0 Å². The van der Waals surface area contributed by atoms with Crippen LogP contribution in [0, 0.1) is 5.92 Å². The minimum absolute atomic E-state index is 0.229. The van der Waals surface area contributed by atoms with Crippen LogP contribution in [0.3, 0.4) is 0 Å². The first-order valence-electron chi connectivity index (χ1n) is 8.57. The molecule has 0 bridgehead atoms. The molecular weight excluding hydrogens is 284 g/mol. The van der Waals surface area contributed by atoms with Crippen molar-refractivity contribution in [3.63, 3.8) is 0 Å². The monoisotopic (exact) mass is 316 g/mol. The van der Waals surface area contributed by atoms with Crippen LogP contribution >= 0.6 is 0 Å². The van der Waals surface area contributed by atoms with E-state index in [-0.39, 0.29) is 5.54 Å². The summed E-state index contributed by atoms with van der Waals surface area (Å²) in [4.78, 5) is 2.51. The van der Waals surface area contributed by atoms with Gasteiger partial charge in [-0.3, -0.25) is 4.90 Å². The summed E-state index contributed by atoms with van der Waals surface area (Å²) in [6.07, 6.45) is 5.74. The van der Waals surface area contributed by atoms with Gasteiger partial charge >= 0.3 is 0 Å². The zero-order valence-corrected chi connectivity index (χ0v) is 14.7. The molecule has 5 heteroatoms. The molecule has 1 saturated heterocycles. The minimum Gasteiger partial charge on any atom is -0.311 e. The highest BCUT2D eigenvalue weighted by Gasteiger charge is 2.43. The SMILES string of the molecule is CCCS(=O)(=O)CCN1CC(C(C)C)NCC12CCCC2. The molecule has 2 fully saturated rings.